The molecule has 0 bridgehead atoms. The van der Waals surface area contributed by atoms with Crippen LogP contribution in [0, 0.1) is 13.8 Å². The molecule has 1 atom stereocenters. The van der Waals surface area contributed by atoms with E-state index in [0.29, 0.717) is 4.91 Å². The maximum Gasteiger partial charge on any atom is 0.328 e. The number of aryl methyl sites for hydroxylation is 1. The number of methoxy groups -OCH3 is 1. The zero-order chi connectivity index (χ0) is 16.6. The van der Waals surface area contributed by atoms with Crippen molar-refractivity contribution in [2.45, 2.75) is 26.8 Å². The Morgan fingerprint density at radius 3 is 2.50 bits per heavy atom. The number of hydrogen-bond acceptors (Lipinski definition) is 5. The quantitative estimate of drug-likeness (QED) is 0.630. The van der Waals surface area contributed by atoms with Gasteiger partial charge in [-0.25, -0.2) is 4.79 Å². The number of hydrogen-bond donors (Lipinski definition) is 0. The SMILES string of the molecule is COC(=O)[C@H](C)N1C(=O)S/C(=C/c2cc(C)n(C)c2C)C1=O. The average molecular weight is 322 g/mol. The van der Waals surface area contributed by atoms with E-state index >= 15 is 0 Å². The van der Waals surface area contributed by atoms with Crippen LogP contribution < -0.4 is 0 Å². The molecule has 0 saturated carbocycles. The number of nitrogens with zero attached hydrogens (tertiary/aromatic N) is 2. The third-order valence-corrected chi connectivity index (χ3v) is 4.74. The van der Waals surface area contributed by atoms with E-state index in [1.807, 2.05) is 31.5 Å². The molecule has 0 N–H and O–H groups in total. The van der Waals surface area contributed by atoms with Gasteiger partial charge in [-0.2, -0.15) is 0 Å². The Hall–Kier alpha value is -2.02. The number of amides is 2. The summed E-state index contributed by atoms with van der Waals surface area (Å²) < 4.78 is 6.60. The van der Waals surface area contributed by atoms with Crippen LogP contribution in [0.3, 0.4) is 0 Å². The Morgan fingerprint density at radius 1 is 1.36 bits per heavy atom. The maximum atomic E-state index is 12.4. The summed E-state index contributed by atoms with van der Waals surface area (Å²) in [6, 6.07) is 1.02. The predicted octanol–water partition coefficient (Wildman–Crippen LogP) is 2.24. The molecule has 1 aromatic rings. The molecule has 1 saturated heterocycles. The molecule has 1 aliphatic heterocycles. The molecular formula is C15H18N2O4S. The van der Waals surface area contributed by atoms with Crippen LogP contribution >= 0.6 is 11.8 Å². The van der Waals surface area contributed by atoms with Crippen molar-refractivity contribution in [3.05, 3.63) is 27.9 Å². The number of aromatic nitrogens is 1. The molecule has 0 aliphatic carbocycles. The van der Waals surface area contributed by atoms with Crippen molar-refractivity contribution in [2.24, 2.45) is 7.05 Å². The van der Waals surface area contributed by atoms with Crippen LogP contribution in [0.2, 0.25) is 0 Å². The molecule has 2 amide bonds. The number of carbonyl (C=O) groups is 3. The molecule has 0 spiro atoms. The monoisotopic (exact) mass is 322 g/mol. The Morgan fingerprint density at radius 2 is 2.00 bits per heavy atom. The maximum absolute atomic E-state index is 12.4. The fourth-order valence-corrected chi connectivity index (χ4v) is 3.16. The highest BCUT2D eigenvalue weighted by Crippen LogP contribution is 2.34. The summed E-state index contributed by atoms with van der Waals surface area (Å²) in [5, 5.41) is -0.459. The second-order valence-electron chi connectivity index (χ2n) is 5.14. The van der Waals surface area contributed by atoms with Gasteiger partial charge >= 0.3 is 5.97 Å². The van der Waals surface area contributed by atoms with Crippen LogP contribution in [-0.2, 0) is 21.4 Å². The summed E-state index contributed by atoms with van der Waals surface area (Å²) in [5.74, 6) is -1.08. The van der Waals surface area contributed by atoms with Crippen LogP contribution in [-0.4, -0.2) is 39.7 Å². The topological polar surface area (TPSA) is 68.6 Å². The molecule has 1 aliphatic rings. The van der Waals surface area contributed by atoms with Crippen LogP contribution in [0.5, 0.6) is 0 Å². The van der Waals surface area contributed by atoms with E-state index in [9.17, 15) is 14.4 Å². The summed E-state index contributed by atoms with van der Waals surface area (Å²) in [6.45, 7) is 5.39. The zero-order valence-corrected chi connectivity index (χ0v) is 14.0. The van der Waals surface area contributed by atoms with E-state index in [0.717, 1.165) is 33.6 Å². The molecule has 2 rings (SSSR count). The van der Waals surface area contributed by atoms with Gasteiger partial charge in [-0.1, -0.05) is 0 Å². The Balaban J connectivity index is 2.33. The minimum absolute atomic E-state index is 0.314. The second kappa shape index (κ2) is 6.00. The molecule has 0 radical (unpaired) electrons. The largest absolute Gasteiger partial charge is 0.467 e. The number of thioether (sulfide) groups is 1. The van der Waals surface area contributed by atoms with Crippen molar-refractivity contribution >= 4 is 35.0 Å². The van der Waals surface area contributed by atoms with Gasteiger partial charge in [0.2, 0.25) is 0 Å². The Bertz CT molecular complexity index is 690. The van der Waals surface area contributed by atoms with E-state index in [-0.39, 0.29) is 0 Å². The third-order valence-electron chi connectivity index (χ3n) is 3.85. The molecule has 2 heterocycles. The van der Waals surface area contributed by atoms with Gasteiger partial charge in [0.05, 0.1) is 12.0 Å². The molecule has 0 aromatic carbocycles. The molecule has 118 valence electrons. The highest BCUT2D eigenvalue weighted by Gasteiger charge is 2.41. The Labute approximate surface area is 133 Å². The van der Waals surface area contributed by atoms with E-state index in [1.54, 1.807) is 6.08 Å². The first-order valence-electron chi connectivity index (χ1n) is 6.75. The standard InChI is InChI=1S/C15H18N2O4S/c1-8-6-11(9(2)16(8)4)7-12-13(18)17(15(20)22-12)10(3)14(19)21-5/h6-7,10H,1-5H3/b12-7+/t10-/m0/s1. The fourth-order valence-electron chi connectivity index (χ4n) is 2.26. The minimum atomic E-state index is -0.929. The molecule has 6 nitrogen and oxygen atoms in total. The Kier molecular flexibility index (Phi) is 4.46. The highest BCUT2D eigenvalue weighted by molar-refractivity contribution is 8.18. The molecule has 1 fully saturated rings. The minimum Gasteiger partial charge on any atom is -0.467 e. The summed E-state index contributed by atoms with van der Waals surface area (Å²) >= 11 is 0.838. The van der Waals surface area contributed by atoms with Gasteiger partial charge in [0, 0.05) is 18.4 Å². The van der Waals surface area contributed by atoms with Gasteiger partial charge in [0.25, 0.3) is 11.1 Å². The van der Waals surface area contributed by atoms with Gasteiger partial charge in [-0.05, 0) is 50.2 Å². The predicted molar refractivity (Wildman–Crippen MR) is 84.2 cm³/mol. The number of rotatable bonds is 3. The average Bonchev–Trinajstić information content (AvgIpc) is 2.89. The van der Waals surface area contributed by atoms with Crippen LogP contribution in [0.4, 0.5) is 4.79 Å². The number of imide groups is 1. The van der Waals surface area contributed by atoms with Crippen molar-refractivity contribution in [3.63, 3.8) is 0 Å². The number of ether oxygens (including phenoxy) is 1. The molecule has 22 heavy (non-hydrogen) atoms. The number of esters is 1. The summed E-state index contributed by atoms with van der Waals surface area (Å²) in [6.07, 6.45) is 1.69. The first-order chi connectivity index (χ1) is 10.3. The third kappa shape index (κ3) is 2.68. The van der Waals surface area contributed by atoms with E-state index < -0.39 is 23.2 Å². The first kappa shape index (κ1) is 16.4. The van der Waals surface area contributed by atoms with Gasteiger partial charge in [-0.3, -0.25) is 14.5 Å². The van der Waals surface area contributed by atoms with Crippen molar-refractivity contribution in [3.8, 4) is 0 Å². The summed E-state index contributed by atoms with van der Waals surface area (Å²) in [5.41, 5.74) is 2.95. The first-order valence-corrected chi connectivity index (χ1v) is 7.57. The lowest BCUT2D eigenvalue weighted by Crippen LogP contribution is -2.42. The van der Waals surface area contributed by atoms with Gasteiger partial charge in [0.15, 0.2) is 0 Å². The van der Waals surface area contributed by atoms with Crippen LogP contribution in [0.1, 0.15) is 23.9 Å². The fraction of sp³-hybridized carbons (Fsp3) is 0.400. The normalized spacial score (nSPS) is 18.2. The lowest BCUT2D eigenvalue weighted by Gasteiger charge is -2.18. The van der Waals surface area contributed by atoms with Gasteiger partial charge in [-0.15, -0.1) is 0 Å². The number of carbonyl (C=O) groups excluding carboxylic acids is 3. The highest BCUT2D eigenvalue weighted by atomic mass is 32.2. The van der Waals surface area contributed by atoms with Crippen molar-refractivity contribution in [2.75, 3.05) is 7.11 Å². The molecule has 0 unspecified atom stereocenters. The van der Waals surface area contributed by atoms with E-state index in [4.69, 9.17) is 0 Å². The van der Waals surface area contributed by atoms with E-state index in [2.05, 4.69) is 4.74 Å². The lowest BCUT2D eigenvalue weighted by atomic mass is 10.2. The van der Waals surface area contributed by atoms with Crippen molar-refractivity contribution in [1.82, 2.24) is 9.47 Å². The van der Waals surface area contributed by atoms with Crippen LogP contribution in [0.25, 0.3) is 6.08 Å². The van der Waals surface area contributed by atoms with Crippen LogP contribution in [0.15, 0.2) is 11.0 Å². The van der Waals surface area contributed by atoms with Gasteiger partial charge < -0.3 is 9.30 Å². The smallest absolute Gasteiger partial charge is 0.328 e. The van der Waals surface area contributed by atoms with Gasteiger partial charge in [0.1, 0.15) is 6.04 Å². The van der Waals surface area contributed by atoms with E-state index in [1.165, 1.54) is 14.0 Å². The summed E-state index contributed by atoms with van der Waals surface area (Å²) in [7, 11) is 3.16. The lowest BCUT2D eigenvalue weighted by molar-refractivity contribution is -0.148. The second-order valence-corrected chi connectivity index (χ2v) is 6.13. The zero-order valence-electron chi connectivity index (χ0n) is 13.2. The molecule has 7 heteroatoms. The molecule has 1 aromatic heterocycles. The van der Waals surface area contributed by atoms with Crippen molar-refractivity contribution < 1.29 is 19.1 Å². The molecular weight excluding hydrogens is 304 g/mol. The van der Waals surface area contributed by atoms with Crippen molar-refractivity contribution in [1.29, 1.82) is 0 Å². The summed E-state index contributed by atoms with van der Waals surface area (Å²) in [4.78, 5) is 37.2.